The van der Waals surface area contributed by atoms with Crippen LogP contribution in [0.5, 0.6) is 0 Å². The lowest BCUT2D eigenvalue weighted by Gasteiger charge is -2.35. The summed E-state index contributed by atoms with van der Waals surface area (Å²) in [5.41, 5.74) is 20.2. The van der Waals surface area contributed by atoms with E-state index in [0.29, 0.717) is 17.5 Å². The van der Waals surface area contributed by atoms with Crippen LogP contribution in [-0.2, 0) is 5.41 Å². The van der Waals surface area contributed by atoms with Crippen LogP contribution >= 0.6 is 0 Å². The van der Waals surface area contributed by atoms with Crippen LogP contribution < -0.4 is 0 Å². The van der Waals surface area contributed by atoms with Gasteiger partial charge in [-0.3, -0.25) is 0 Å². The van der Waals surface area contributed by atoms with Crippen LogP contribution in [0.2, 0.25) is 0 Å². The van der Waals surface area contributed by atoms with Gasteiger partial charge < -0.3 is 4.57 Å². The van der Waals surface area contributed by atoms with Crippen molar-refractivity contribution >= 4 is 54.1 Å². The zero-order chi connectivity index (χ0) is 52.5. The minimum atomic E-state index is -0.650. The Morgan fingerprint density at radius 2 is 0.800 bits per heavy atom. The molecule has 0 saturated carbocycles. The molecule has 0 N–H and O–H groups in total. The number of para-hydroxylation sites is 2. The highest BCUT2D eigenvalue weighted by Gasteiger charge is 2.50. The molecule has 4 nitrogen and oxygen atoms in total. The fourth-order valence-corrected chi connectivity index (χ4v) is 13.7. The van der Waals surface area contributed by atoms with Crippen molar-refractivity contribution < 1.29 is 0 Å². The molecule has 0 spiro atoms. The van der Waals surface area contributed by atoms with Gasteiger partial charge in [0.05, 0.1) is 22.1 Å². The average molecular weight is 1020 g/mol. The number of hydrogen-bond donors (Lipinski definition) is 0. The molecule has 4 heteroatoms. The number of hydrogen-bond acceptors (Lipinski definition) is 3. The van der Waals surface area contributed by atoms with Gasteiger partial charge in [-0.15, -0.1) is 0 Å². The molecular formula is C76H46N4. The molecule has 17 rings (SSSR count). The molecule has 0 bridgehead atoms. The van der Waals surface area contributed by atoms with E-state index in [2.05, 4.69) is 284 Å². The van der Waals surface area contributed by atoms with Crippen molar-refractivity contribution in [1.29, 1.82) is 0 Å². The third-order valence-corrected chi connectivity index (χ3v) is 17.2. The molecule has 3 heterocycles. The Balaban J connectivity index is 0.911. The van der Waals surface area contributed by atoms with Crippen LogP contribution in [0.1, 0.15) is 22.3 Å². The SMILES string of the molecule is c1ccc(-c2cccc(-c3nc(-c4cccc(-c5cccc6c5-n5c7ccccc7c7ccc8c(c75)-c5c-6cccc5C8(c5ccc6ccccc6c5)c5cccc6ccccc56)c4)nc(-c4ccc5ccccc5c4)n3)c2)cc1. The number of rotatable bonds is 7. The predicted octanol–water partition coefficient (Wildman–Crippen LogP) is 19.1. The zero-order valence-corrected chi connectivity index (χ0v) is 43.3. The summed E-state index contributed by atoms with van der Waals surface area (Å²) in [5.74, 6) is 1.85. The summed E-state index contributed by atoms with van der Waals surface area (Å²) in [5, 5.41) is 9.70. The minimum absolute atomic E-state index is 0.610. The molecule has 0 fully saturated rings. The fraction of sp³-hybridized carbons (Fsp3) is 0.0132. The number of nitrogens with zero attached hydrogens (tertiary/aromatic N) is 4. The number of benzene rings is 13. The van der Waals surface area contributed by atoms with Crippen LogP contribution in [-0.4, -0.2) is 19.5 Å². The Morgan fingerprint density at radius 3 is 1.59 bits per heavy atom. The molecule has 2 aromatic heterocycles. The molecule has 370 valence electrons. The maximum absolute atomic E-state index is 5.34. The standard InChI is InChI=1S/C76H46N4/c1-2-17-47(18-3-1)52-25-12-27-55(43-52)73-77-74(79-75(78-73)57-38-37-48-19-4-6-22-51(48)44-57)56-28-13-26-54(45-56)60-31-15-33-63-62-32-16-35-66-69(62)70-67(42-41-64-61-30-10-11-36-68(61)80(71(60)63)72(64)70)76(66,58-40-39-49-20-5-7-23-53(49)46-58)65-34-14-24-50-21-8-9-29-59(50)65/h1-46H. The Bertz CT molecular complexity index is 5080. The van der Waals surface area contributed by atoms with Crippen molar-refractivity contribution in [2.45, 2.75) is 5.41 Å². The molecule has 1 aliphatic carbocycles. The molecule has 1 atom stereocenters. The zero-order valence-electron chi connectivity index (χ0n) is 43.3. The number of fused-ring (bicyclic) bond motifs is 9. The quantitative estimate of drug-likeness (QED) is 0.160. The van der Waals surface area contributed by atoms with Gasteiger partial charge in [0.1, 0.15) is 0 Å². The summed E-state index contributed by atoms with van der Waals surface area (Å²) >= 11 is 0. The Hall–Kier alpha value is -10.6. The smallest absolute Gasteiger partial charge is 0.164 e. The van der Waals surface area contributed by atoms with Crippen LogP contribution in [0.3, 0.4) is 0 Å². The van der Waals surface area contributed by atoms with Crippen molar-refractivity contribution in [1.82, 2.24) is 19.5 Å². The van der Waals surface area contributed by atoms with E-state index in [1.807, 2.05) is 0 Å². The molecule has 1 unspecified atom stereocenters. The van der Waals surface area contributed by atoms with Gasteiger partial charge in [0.2, 0.25) is 0 Å². The van der Waals surface area contributed by atoms with Crippen molar-refractivity contribution in [3.05, 3.63) is 301 Å². The lowest BCUT2D eigenvalue weighted by atomic mass is 9.66. The summed E-state index contributed by atoms with van der Waals surface area (Å²) in [6, 6.07) is 102. The second-order valence-electron chi connectivity index (χ2n) is 21.4. The third-order valence-electron chi connectivity index (χ3n) is 17.2. The van der Waals surface area contributed by atoms with Crippen molar-refractivity contribution in [3.63, 3.8) is 0 Å². The summed E-state index contributed by atoms with van der Waals surface area (Å²) in [4.78, 5) is 15.9. The maximum atomic E-state index is 5.34. The minimum Gasteiger partial charge on any atom is -0.307 e. The molecular weight excluding hydrogens is 969 g/mol. The highest BCUT2D eigenvalue weighted by Crippen LogP contribution is 2.63. The van der Waals surface area contributed by atoms with Crippen molar-refractivity contribution in [2.24, 2.45) is 0 Å². The van der Waals surface area contributed by atoms with Gasteiger partial charge in [-0.25, -0.2) is 15.0 Å². The monoisotopic (exact) mass is 1010 g/mol. The van der Waals surface area contributed by atoms with Crippen molar-refractivity contribution in [2.75, 3.05) is 0 Å². The Morgan fingerprint density at radius 1 is 0.275 bits per heavy atom. The topological polar surface area (TPSA) is 43.6 Å². The highest BCUT2D eigenvalue weighted by atomic mass is 15.0. The van der Waals surface area contributed by atoms with Gasteiger partial charge in [-0.1, -0.05) is 249 Å². The number of aromatic nitrogens is 4. The van der Waals surface area contributed by atoms with Crippen LogP contribution in [0.4, 0.5) is 0 Å². The summed E-state index contributed by atoms with van der Waals surface area (Å²) < 4.78 is 2.60. The first-order valence-electron chi connectivity index (χ1n) is 27.5. The third kappa shape index (κ3) is 6.48. The fourth-order valence-electron chi connectivity index (χ4n) is 13.7. The van der Waals surface area contributed by atoms with Crippen LogP contribution in [0.25, 0.3) is 138 Å². The first-order chi connectivity index (χ1) is 39.7. The van der Waals surface area contributed by atoms with E-state index < -0.39 is 5.41 Å². The molecule has 0 saturated heterocycles. The predicted molar refractivity (Wildman–Crippen MR) is 330 cm³/mol. The van der Waals surface area contributed by atoms with Gasteiger partial charge in [-0.05, 0) is 113 Å². The first-order valence-corrected chi connectivity index (χ1v) is 27.5. The normalized spacial score (nSPS) is 14.1. The second-order valence-corrected chi connectivity index (χ2v) is 21.4. The van der Waals surface area contributed by atoms with E-state index in [9.17, 15) is 0 Å². The van der Waals surface area contributed by atoms with Crippen LogP contribution in [0.15, 0.2) is 279 Å². The van der Waals surface area contributed by atoms with Crippen molar-refractivity contribution in [3.8, 4) is 84.4 Å². The van der Waals surface area contributed by atoms with Gasteiger partial charge >= 0.3 is 0 Å². The van der Waals surface area contributed by atoms with E-state index in [0.717, 1.165) is 50.0 Å². The molecule has 2 aliphatic rings. The van der Waals surface area contributed by atoms with Crippen LogP contribution in [0, 0.1) is 0 Å². The Kier molecular flexibility index (Phi) is 9.60. The van der Waals surface area contributed by atoms with Gasteiger partial charge in [0.25, 0.3) is 0 Å². The summed E-state index contributed by atoms with van der Waals surface area (Å²) in [6.45, 7) is 0. The molecule has 80 heavy (non-hydrogen) atoms. The van der Waals surface area contributed by atoms with Gasteiger partial charge in [0, 0.05) is 44.2 Å². The van der Waals surface area contributed by atoms with E-state index in [1.165, 1.54) is 93.2 Å². The van der Waals surface area contributed by atoms with E-state index in [1.54, 1.807) is 0 Å². The second kappa shape index (κ2) is 17.2. The lowest BCUT2D eigenvalue weighted by Crippen LogP contribution is -2.29. The van der Waals surface area contributed by atoms with Gasteiger partial charge in [0.15, 0.2) is 17.5 Å². The largest absolute Gasteiger partial charge is 0.307 e. The average Bonchev–Trinajstić information content (AvgIpc) is 4.19. The molecule has 1 aliphatic heterocycles. The van der Waals surface area contributed by atoms with E-state index in [-0.39, 0.29) is 0 Å². The molecule has 0 amide bonds. The highest BCUT2D eigenvalue weighted by molar-refractivity contribution is 6.20. The summed E-state index contributed by atoms with van der Waals surface area (Å²) in [7, 11) is 0. The van der Waals surface area contributed by atoms with E-state index >= 15 is 0 Å². The molecule has 0 radical (unpaired) electrons. The lowest BCUT2D eigenvalue weighted by molar-refractivity contribution is 0.778. The molecule has 13 aromatic carbocycles. The molecule has 15 aromatic rings. The Labute approximate surface area is 462 Å². The maximum Gasteiger partial charge on any atom is 0.164 e. The van der Waals surface area contributed by atoms with Gasteiger partial charge in [-0.2, -0.15) is 0 Å². The first kappa shape index (κ1) is 44.6. The summed E-state index contributed by atoms with van der Waals surface area (Å²) in [6.07, 6.45) is 0. The van der Waals surface area contributed by atoms with E-state index in [4.69, 9.17) is 15.0 Å².